The zero-order valence-electron chi connectivity index (χ0n) is 17.6. The molecule has 1 aliphatic carbocycles. The lowest BCUT2D eigenvalue weighted by Crippen LogP contribution is -2.63. The van der Waals surface area contributed by atoms with Crippen molar-refractivity contribution in [3.63, 3.8) is 0 Å². The van der Waals surface area contributed by atoms with E-state index in [0.717, 1.165) is 18.1 Å². The van der Waals surface area contributed by atoms with E-state index in [9.17, 15) is 4.79 Å². The molecule has 0 radical (unpaired) electrons. The SMILES string of the molecule is C#C/C=C\C#CC1(O[Si](CC)(CC)CC)C=C(OC)C=C(C=O)C1(OC)OC. The molecule has 0 saturated heterocycles. The van der Waals surface area contributed by atoms with E-state index in [0.29, 0.717) is 12.0 Å². The van der Waals surface area contributed by atoms with Crippen molar-refractivity contribution in [2.45, 2.75) is 50.3 Å². The number of aldehydes is 1. The molecular weight excluding hydrogens is 372 g/mol. The number of ether oxygens (including phenoxy) is 3. The van der Waals surface area contributed by atoms with E-state index in [1.54, 1.807) is 18.2 Å². The second-order valence-corrected chi connectivity index (χ2v) is 11.0. The minimum absolute atomic E-state index is 0.235. The molecule has 0 spiro atoms. The summed E-state index contributed by atoms with van der Waals surface area (Å²) >= 11 is 0. The summed E-state index contributed by atoms with van der Waals surface area (Å²) in [7, 11) is 2.24. The van der Waals surface area contributed by atoms with Crippen LogP contribution in [0, 0.1) is 24.2 Å². The van der Waals surface area contributed by atoms with E-state index >= 15 is 0 Å². The fourth-order valence-electron chi connectivity index (χ4n) is 3.44. The van der Waals surface area contributed by atoms with Crippen LogP contribution >= 0.6 is 0 Å². The highest BCUT2D eigenvalue weighted by Gasteiger charge is 2.59. The van der Waals surface area contributed by atoms with Crippen LogP contribution in [0.5, 0.6) is 0 Å². The zero-order chi connectivity index (χ0) is 21.3. The molecule has 0 N–H and O–H groups in total. The van der Waals surface area contributed by atoms with Crippen LogP contribution in [0.1, 0.15) is 20.8 Å². The van der Waals surface area contributed by atoms with Crippen molar-refractivity contribution in [3.05, 3.63) is 35.6 Å². The summed E-state index contributed by atoms with van der Waals surface area (Å²) in [6, 6.07) is 2.64. The summed E-state index contributed by atoms with van der Waals surface area (Å²) in [6.07, 6.45) is 12.3. The highest BCUT2D eigenvalue weighted by molar-refractivity contribution is 6.73. The first-order valence-corrected chi connectivity index (χ1v) is 11.8. The smallest absolute Gasteiger partial charge is 0.242 e. The molecule has 0 aromatic rings. The van der Waals surface area contributed by atoms with Gasteiger partial charge in [0.05, 0.1) is 12.7 Å². The molecule has 0 fully saturated rings. The van der Waals surface area contributed by atoms with Crippen molar-refractivity contribution < 1.29 is 23.4 Å². The largest absolute Gasteiger partial charge is 0.497 e. The second-order valence-electron chi connectivity index (χ2n) is 6.34. The predicted octanol–water partition coefficient (Wildman–Crippen LogP) is 3.60. The van der Waals surface area contributed by atoms with Gasteiger partial charge < -0.3 is 18.6 Å². The quantitative estimate of drug-likeness (QED) is 0.255. The van der Waals surface area contributed by atoms with Crippen molar-refractivity contribution in [1.29, 1.82) is 0 Å². The van der Waals surface area contributed by atoms with Crippen LogP contribution in [0.2, 0.25) is 18.1 Å². The molecule has 0 heterocycles. The van der Waals surface area contributed by atoms with E-state index in [2.05, 4.69) is 38.5 Å². The maximum absolute atomic E-state index is 11.9. The zero-order valence-corrected chi connectivity index (χ0v) is 18.6. The van der Waals surface area contributed by atoms with Crippen LogP contribution in [0.15, 0.2) is 35.6 Å². The molecular formula is C22H30O5Si. The number of carbonyl (C=O) groups excluding carboxylic acids is 1. The van der Waals surface area contributed by atoms with Gasteiger partial charge in [0.15, 0.2) is 14.6 Å². The number of allylic oxidation sites excluding steroid dienone is 3. The van der Waals surface area contributed by atoms with Gasteiger partial charge in [0.2, 0.25) is 11.4 Å². The Bertz CT molecular complexity index is 731. The molecule has 0 aliphatic heterocycles. The predicted molar refractivity (Wildman–Crippen MR) is 113 cm³/mol. The Hall–Kier alpha value is -2.09. The van der Waals surface area contributed by atoms with Crippen LogP contribution in [0.25, 0.3) is 0 Å². The van der Waals surface area contributed by atoms with Crippen LogP contribution in [0.3, 0.4) is 0 Å². The van der Waals surface area contributed by atoms with E-state index in [1.807, 2.05) is 0 Å². The van der Waals surface area contributed by atoms with Crippen molar-refractivity contribution in [3.8, 4) is 24.2 Å². The molecule has 1 rings (SSSR count). The molecule has 1 aliphatic rings. The molecule has 6 heteroatoms. The fraction of sp³-hybridized carbons (Fsp3) is 0.500. The van der Waals surface area contributed by atoms with Gasteiger partial charge >= 0.3 is 0 Å². The monoisotopic (exact) mass is 402 g/mol. The molecule has 28 heavy (non-hydrogen) atoms. The Morgan fingerprint density at radius 1 is 1.11 bits per heavy atom. The first-order valence-electron chi connectivity index (χ1n) is 9.31. The Morgan fingerprint density at radius 2 is 1.71 bits per heavy atom. The van der Waals surface area contributed by atoms with E-state index in [-0.39, 0.29) is 5.57 Å². The van der Waals surface area contributed by atoms with Gasteiger partial charge in [-0.1, -0.05) is 38.5 Å². The average molecular weight is 403 g/mol. The lowest BCUT2D eigenvalue weighted by molar-refractivity contribution is -0.240. The number of hydrogen-bond acceptors (Lipinski definition) is 5. The standard InChI is InChI=1S/C22H30O5Si/c1-8-12-13-14-15-21(27-28(9-2,10-3)11-4)17-20(24-5)16-19(18-23)22(21,25-6)26-7/h1,12-13,16-18H,9-11H2,2-7H3/b13-12-. The molecule has 1 unspecified atom stereocenters. The molecule has 152 valence electrons. The van der Waals surface area contributed by atoms with Crippen molar-refractivity contribution in [2.75, 3.05) is 21.3 Å². The third-order valence-electron chi connectivity index (χ3n) is 5.28. The third kappa shape index (κ3) is 4.32. The van der Waals surface area contributed by atoms with Crippen molar-refractivity contribution >= 4 is 14.6 Å². The molecule has 0 aromatic carbocycles. The Morgan fingerprint density at radius 3 is 2.14 bits per heavy atom. The van der Waals surface area contributed by atoms with E-state index in [1.165, 1.54) is 27.4 Å². The van der Waals surface area contributed by atoms with Gasteiger partial charge in [-0.25, -0.2) is 0 Å². The number of rotatable bonds is 9. The minimum Gasteiger partial charge on any atom is -0.497 e. The normalized spacial score (nSPS) is 21.2. The van der Waals surface area contributed by atoms with Crippen LogP contribution < -0.4 is 0 Å². The summed E-state index contributed by atoms with van der Waals surface area (Å²) in [4.78, 5) is 11.9. The van der Waals surface area contributed by atoms with Crippen molar-refractivity contribution in [2.24, 2.45) is 0 Å². The van der Waals surface area contributed by atoms with Crippen LogP contribution in [0.4, 0.5) is 0 Å². The molecule has 1 atom stereocenters. The number of methoxy groups -OCH3 is 3. The molecule has 0 saturated carbocycles. The van der Waals surface area contributed by atoms with Gasteiger partial charge in [-0.15, -0.1) is 6.42 Å². The van der Waals surface area contributed by atoms with Gasteiger partial charge in [-0.05, 0) is 36.4 Å². The van der Waals surface area contributed by atoms with Gasteiger partial charge in [0, 0.05) is 20.3 Å². The minimum atomic E-state index is -2.22. The maximum atomic E-state index is 11.9. The highest BCUT2D eigenvalue weighted by Crippen LogP contribution is 2.45. The highest BCUT2D eigenvalue weighted by atomic mass is 28.4. The number of carbonyl (C=O) groups is 1. The topological polar surface area (TPSA) is 54.0 Å². The Kier molecular flexibility index (Phi) is 8.94. The first kappa shape index (κ1) is 23.9. The first-order chi connectivity index (χ1) is 13.4. The third-order valence-corrected chi connectivity index (χ3v) is 9.90. The fourth-order valence-corrected chi connectivity index (χ4v) is 6.30. The second kappa shape index (κ2) is 10.5. The van der Waals surface area contributed by atoms with Gasteiger partial charge in [0.25, 0.3) is 0 Å². The van der Waals surface area contributed by atoms with Crippen LogP contribution in [-0.4, -0.2) is 47.3 Å². The van der Waals surface area contributed by atoms with Gasteiger partial charge in [-0.3, -0.25) is 4.79 Å². The lowest BCUT2D eigenvalue weighted by Gasteiger charge is -2.49. The average Bonchev–Trinajstić information content (AvgIpc) is 2.74. The van der Waals surface area contributed by atoms with Crippen molar-refractivity contribution in [1.82, 2.24) is 0 Å². The van der Waals surface area contributed by atoms with Crippen LogP contribution in [-0.2, 0) is 23.4 Å². The Balaban J connectivity index is 3.86. The number of terminal acetylenes is 1. The molecule has 0 aromatic heterocycles. The lowest BCUT2D eigenvalue weighted by atomic mass is 9.82. The van der Waals surface area contributed by atoms with E-state index in [4.69, 9.17) is 25.1 Å². The Labute approximate surface area is 169 Å². The summed E-state index contributed by atoms with van der Waals surface area (Å²) in [5, 5.41) is 0. The maximum Gasteiger partial charge on any atom is 0.242 e. The summed E-state index contributed by atoms with van der Waals surface area (Å²) < 4.78 is 23.8. The number of hydrogen-bond donors (Lipinski definition) is 0. The molecule has 0 bridgehead atoms. The summed E-state index contributed by atoms with van der Waals surface area (Å²) in [5.74, 6) is 7.37. The van der Waals surface area contributed by atoms with Gasteiger partial charge in [0.1, 0.15) is 5.76 Å². The summed E-state index contributed by atoms with van der Waals surface area (Å²) in [5.41, 5.74) is -1.14. The summed E-state index contributed by atoms with van der Waals surface area (Å²) in [6.45, 7) is 6.33. The molecule has 5 nitrogen and oxygen atoms in total. The molecule has 0 amide bonds. The van der Waals surface area contributed by atoms with Gasteiger partial charge in [-0.2, -0.15) is 0 Å². The van der Waals surface area contributed by atoms with E-state index < -0.39 is 19.7 Å².